The summed E-state index contributed by atoms with van der Waals surface area (Å²) < 4.78 is 0. The third kappa shape index (κ3) is 4.28. The fraction of sp³-hybridized carbons (Fsp3) is 0.353. The van der Waals surface area contributed by atoms with Crippen LogP contribution in [-0.2, 0) is 0 Å². The van der Waals surface area contributed by atoms with E-state index in [4.69, 9.17) is 0 Å². The van der Waals surface area contributed by atoms with Gasteiger partial charge in [-0.2, -0.15) is 4.98 Å². The van der Waals surface area contributed by atoms with E-state index in [2.05, 4.69) is 27.1 Å². The van der Waals surface area contributed by atoms with Gasteiger partial charge in [0.15, 0.2) is 5.78 Å². The molecular formula is C17H22N4O. The van der Waals surface area contributed by atoms with E-state index in [1.165, 1.54) is 0 Å². The zero-order chi connectivity index (χ0) is 15.9. The van der Waals surface area contributed by atoms with E-state index in [-0.39, 0.29) is 5.78 Å². The second-order valence-electron chi connectivity index (χ2n) is 5.27. The van der Waals surface area contributed by atoms with Crippen molar-refractivity contribution in [3.8, 4) is 0 Å². The predicted molar refractivity (Wildman–Crippen MR) is 89.9 cm³/mol. The molecule has 0 radical (unpaired) electrons. The summed E-state index contributed by atoms with van der Waals surface area (Å²) >= 11 is 0. The molecule has 1 heterocycles. The fourth-order valence-electron chi connectivity index (χ4n) is 2.05. The number of nitrogens with one attached hydrogen (secondary N) is 1. The number of anilines is 3. The lowest BCUT2D eigenvalue weighted by Gasteiger charge is -2.18. The average Bonchev–Trinajstić information content (AvgIpc) is 2.53. The normalized spacial score (nSPS) is 10.3. The number of hydrogen-bond donors (Lipinski definition) is 1. The predicted octanol–water partition coefficient (Wildman–Crippen LogP) is 3.66. The fourth-order valence-corrected chi connectivity index (χ4v) is 2.05. The summed E-state index contributed by atoms with van der Waals surface area (Å²) in [6, 6.07) is 9.20. The molecule has 0 saturated carbocycles. The van der Waals surface area contributed by atoms with Crippen LogP contribution in [0, 0.1) is 0 Å². The number of carbonyl (C=O) groups is 1. The van der Waals surface area contributed by atoms with E-state index in [0.29, 0.717) is 11.5 Å². The molecule has 0 unspecified atom stereocenters. The van der Waals surface area contributed by atoms with Gasteiger partial charge in [0.05, 0.1) is 0 Å². The molecule has 1 N–H and O–H groups in total. The molecule has 0 amide bonds. The lowest BCUT2D eigenvalue weighted by atomic mass is 10.1. The van der Waals surface area contributed by atoms with Gasteiger partial charge in [0.2, 0.25) is 5.95 Å². The molecule has 0 aliphatic carbocycles. The number of unbranched alkanes of at least 4 members (excludes halogenated alkanes) is 1. The van der Waals surface area contributed by atoms with Gasteiger partial charge in [-0.15, -0.1) is 0 Å². The van der Waals surface area contributed by atoms with E-state index in [1.807, 2.05) is 25.2 Å². The Balaban J connectivity index is 2.08. The van der Waals surface area contributed by atoms with E-state index in [1.54, 1.807) is 25.3 Å². The monoisotopic (exact) mass is 298 g/mol. The van der Waals surface area contributed by atoms with Gasteiger partial charge in [-0.05, 0) is 43.7 Å². The first kappa shape index (κ1) is 15.9. The molecule has 116 valence electrons. The Kier molecular flexibility index (Phi) is 5.47. The van der Waals surface area contributed by atoms with Crippen LogP contribution in [0.2, 0.25) is 0 Å². The molecule has 0 saturated heterocycles. The van der Waals surface area contributed by atoms with Crippen LogP contribution in [-0.4, -0.2) is 29.3 Å². The third-order valence-corrected chi connectivity index (χ3v) is 3.43. The minimum Gasteiger partial charge on any atom is -0.360 e. The number of aromatic nitrogens is 2. The summed E-state index contributed by atoms with van der Waals surface area (Å²) in [6.45, 7) is 4.70. The summed E-state index contributed by atoms with van der Waals surface area (Å²) in [6.07, 6.45) is 4.04. The number of ketones is 1. The molecule has 1 aromatic heterocycles. The van der Waals surface area contributed by atoms with Crippen molar-refractivity contribution in [1.82, 2.24) is 9.97 Å². The number of benzene rings is 1. The van der Waals surface area contributed by atoms with E-state index in [9.17, 15) is 4.79 Å². The SMILES string of the molecule is CCCCN(C)c1ccnc(Nc2ccc(C(C)=O)cc2)n1. The molecular weight excluding hydrogens is 276 g/mol. The highest BCUT2D eigenvalue weighted by molar-refractivity contribution is 5.94. The van der Waals surface area contributed by atoms with Gasteiger partial charge in [-0.25, -0.2) is 4.98 Å². The second kappa shape index (κ2) is 7.54. The zero-order valence-corrected chi connectivity index (χ0v) is 13.3. The number of hydrogen-bond acceptors (Lipinski definition) is 5. The highest BCUT2D eigenvalue weighted by atomic mass is 16.1. The average molecular weight is 298 g/mol. The van der Waals surface area contributed by atoms with Gasteiger partial charge < -0.3 is 10.2 Å². The Morgan fingerprint density at radius 2 is 1.95 bits per heavy atom. The van der Waals surface area contributed by atoms with Crippen LogP contribution in [0.5, 0.6) is 0 Å². The van der Waals surface area contributed by atoms with Crippen molar-refractivity contribution in [1.29, 1.82) is 0 Å². The van der Waals surface area contributed by atoms with Gasteiger partial charge in [-0.1, -0.05) is 13.3 Å². The lowest BCUT2D eigenvalue weighted by Crippen LogP contribution is -2.19. The van der Waals surface area contributed by atoms with Gasteiger partial charge in [0.25, 0.3) is 0 Å². The van der Waals surface area contributed by atoms with Crippen LogP contribution in [0.1, 0.15) is 37.0 Å². The Hall–Kier alpha value is -2.43. The molecule has 2 rings (SSSR count). The summed E-state index contributed by atoms with van der Waals surface area (Å²) in [7, 11) is 2.03. The molecule has 0 atom stereocenters. The van der Waals surface area contributed by atoms with Gasteiger partial charge >= 0.3 is 0 Å². The number of nitrogens with zero attached hydrogens (tertiary/aromatic N) is 3. The van der Waals surface area contributed by atoms with Crippen LogP contribution in [0.3, 0.4) is 0 Å². The molecule has 0 fully saturated rings. The minimum absolute atomic E-state index is 0.0577. The van der Waals surface area contributed by atoms with Crippen molar-refractivity contribution in [2.75, 3.05) is 23.8 Å². The van der Waals surface area contributed by atoms with Gasteiger partial charge in [-0.3, -0.25) is 4.79 Å². The minimum atomic E-state index is 0.0577. The summed E-state index contributed by atoms with van der Waals surface area (Å²) in [5, 5.41) is 3.16. The first-order valence-electron chi connectivity index (χ1n) is 7.52. The maximum atomic E-state index is 11.3. The number of rotatable bonds is 7. The topological polar surface area (TPSA) is 58.1 Å². The van der Waals surface area contributed by atoms with Crippen LogP contribution in [0.15, 0.2) is 36.5 Å². The number of Topliss-reactive ketones (excluding diaryl/α,β-unsaturated/α-hetero) is 1. The smallest absolute Gasteiger partial charge is 0.229 e. The molecule has 0 bridgehead atoms. The van der Waals surface area contributed by atoms with Crippen molar-refractivity contribution in [2.24, 2.45) is 0 Å². The second-order valence-corrected chi connectivity index (χ2v) is 5.27. The largest absolute Gasteiger partial charge is 0.360 e. The molecule has 5 nitrogen and oxygen atoms in total. The first-order chi connectivity index (χ1) is 10.6. The molecule has 0 aliphatic heterocycles. The number of carbonyl (C=O) groups excluding carboxylic acids is 1. The molecule has 5 heteroatoms. The highest BCUT2D eigenvalue weighted by Gasteiger charge is 2.05. The van der Waals surface area contributed by atoms with E-state index >= 15 is 0 Å². The Morgan fingerprint density at radius 3 is 2.59 bits per heavy atom. The Labute approximate surface area is 131 Å². The van der Waals surface area contributed by atoms with Crippen LogP contribution >= 0.6 is 0 Å². The van der Waals surface area contributed by atoms with Crippen molar-refractivity contribution in [3.05, 3.63) is 42.1 Å². The molecule has 22 heavy (non-hydrogen) atoms. The van der Waals surface area contributed by atoms with Crippen molar-refractivity contribution < 1.29 is 4.79 Å². The molecule has 0 spiro atoms. The van der Waals surface area contributed by atoms with Crippen molar-refractivity contribution in [3.63, 3.8) is 0 Å². The Bertz CT molecular complexity index is 625. The van der Waals surface area contributed by atoms with Crippen LogP contribution in [0.25, 0.3) is 0 Å². The molecule has 0 aliphatic rings. The molecule has 2 aromatic rings. The maximum absolute atomic E-state index is 11.3. The molecule has 1 aromatic carbocycles. The summed E-state index contributed by atoms with van der Waals surface area (Å²) in [5.74, 6) is 1.50. The first-order valence-corrected chi connectivity index (χ1v) is 7.52. The summed E-state index contributed by atoms with van der Waals surface area (Å²) in [5.41, 5.74) is 1.55. The highest BCUT2D eigenvalue weighted by Crippen LogP contribution is 2.17. The van der Waals surface area contributed by atoms with Crippen LogP contribution in [0.4, 0.5) is 17.5 Å². The maximum Gasteiger partial charge on any atom is 0.229 e. The summed E-state index contributed by atoms with van der Waals surface area (Å²) in [4.78, 5) is 22.1. The van der Waals surface area contributed by atoms with Crippen molar-refractivity contribution in [2.45, 2.75) is 26.7 Å². The lowest BCUT2D eigenvalue weighted by molar-refractivity contribution is 0.101. The standard InChI is InChI=1S/C17H22N4O/c1-4-5-12-21(3)16-10-11-18-17(20-16)19-15-8-6-14(7-9-15)13(2)22/h6-11H,4-5,12H2,1-3H3,(H,18,19,20). The van der Waals surface area contributed by atoms with E-state index < -0.39 is 0 Å². The zero-order valence-electron chi connectivity index (χ0n) is 13.3. The Morgan fingerprint density at radius 1 is 1.23 bits per heavy atom. The van der Waals surface area contributed by atoms with Gasteiger partial charge in [0.1, 0.15) is 5.82 Å². The third-order valence-electron chi connectivity index (χ3n) is 3.43. The van der Waals surface area contributed by atoms with Crippen LogP contribution < -0.4 is 10.2 Å². The van der Waals surface area contributed by atoms with Gasteiger partial charge in [0, 0.05) is 31.0 Å². The quantitative estimate of drug-likeness (QED) is 0.791. The van der Waals surface area contributed by atoms with E-state index in [0.717, 1.165) is 30.9 Å². The van der Waals surface area contributed by atoms with Crippen molar-refractivity contribution >= 4 is 23.2 Å².